The van der Waals surface area contributed by atoms with Crippen LogP contribution in [0.25, 0.3) is 16.7 Å². The molecule has 3 aromatic heterocycles. The zero-order valence-corrected chi connectivity index (χ0v) is 16.7. The number of hydrogen-bond donors (Lipinski definition) is 2. The zero-order chi connectivity index (χ0) is 21.3. The first kappa shape index (κ1) is 19.4. The van der Waals surface area contributed by atoms with Gasteiger partial charge in [0.2, 0.25) is 0 Å². The molecule has 1 amide bonds. The summed E-state index contributed by atoms with van der Waals surface area (Å²) in [6, 6.07) is 14.3. The maximum Gasteiger partial charge on any atom is 0.267 e. The van der Waals surface area contributed by atoms with E-state index in [1.807, 2.05) is 24.3 Å². The van der Waals surface area contributed by atoms with Crippen LogP contribution in [0.1, 0.15) is 15.9 Å². The second-order valence-electron chi connectivity index (χ2n) is 6.90. The van der Waals surface area contributed by atoms with Crippen molar-refractivity contribution in [1.82, 2.24) is 19.3 Å². The molecule has 8 heteroatoms. The van der Waals surface area contributed by atoms with E-state index in [1.165, 1.54) is 15.0 Å². The van der Waals surface area contributed by atoms with E-state index in [4.69, 9.17) is 10.1 Å². The molecule has 0 atom stereocenters. The molecule has 0 radical (unpaired) electrons. The van der Waals surface area contributed by atoms with Gasteiger partial charge in [0.1, 0.15) is 22.5 Å². The number of carbonyl (C=O) groups is 1. The lowest BCUT2D eigenvalue weighted by Crippen LogP contribution is -2.34. The fourth-order valence-corrected chi connectivity index (χ4v) is 3.35. The number of amides is 1. The Hall–Kier alpha value is -3.94. The van der Waals surface area contributed by atoms with Crippen molar-refractivity contribution in [2.75, 3.05) is 13.7 Å². The SMILES string of the molecule is COc1ccc(CCNC(=O)c2cc3c(=O)n4ccccc4nc3n(C)c2=N)cc1. The summed E-state index contributed by atoms with van der Waals surface area (Å²) in [4.78, 5) is 30.1. The summed E-state index contributed by atoms with van der Waals surface area (Å²) in [6.45, 7) is 0.404. The van der Waals surface area contributed by atoms with Crippen LogP contribution in [0.4, 0.5) is 0 Å². The number of hydrogen-bond acceptors (Lipinski definition) is 5. The van der Waals surface area contributed by atoms with Gasteiger partial charge in [0.25, 0.3) is 11.5 Å². The van der Waals surface area contributed by atoms with Gasteiger partial charge in [-0.1, -0.05) is 18.2 Å². The second kappa shape index (κ2) is 7.82. The predicted octanol–water partition coefficient (Wildman–Crippen LogP) is 1.65. The van der Waals surface area contributed by atoms with Gasteiger partial charge in [0.15, 0.2) is 0 Å². The van der Waals surface area contributed by atoms with Gasteiger partial charge < -0.3 is 14.6 Å². The van der Waals surface area contributed by atoms with E-state index in [1.54, 1.807) is 38.6 Å². The lowest BCUT2D eigenvalue weighted by molar-refractivity contribution is 0.0952. The zero-order valence-electron chi connectivity index (χ0n) is 16.7. The van der Waals surface area contributed by atoms with E-state index in [9.17, 15) is 9.59 Å². The van der Waals surface area contributed by atoms with Crippen LogP contribution < -0.4 is 21.1 Å². The van der Waals surface area contributed by atoms with Gasteiger partial charge in [-0.05, 0) is 42.3 Å². The standard InChI is InChI=1S/C22H21N5O3/c1-26-19(23)16(21(28)24-11-10-14-6-8-15(30-2)9-7-14)13-17-20(26)25-18-5-3-4-12-27(18)22(17)29/h3-9,12-13,23H,10-11H2,1-2H3,(H,24,28). The van der Waals surface area contributed by atoms with Crippen LogP contribution in [-0.4, -0.2) is 33.5 Å². The fourth-order valence-electron chi connectivity index (χ4n) is 3.35. The second-order valence-corrected chi connectivity index (χ2v) is 6.90. The average Bonchev–Trinajstić information content (AvgIpc) is 2.77. The van der Waals surface area contributed by atoms with Crippen molar-refractivity contribution >= 4 is 22.6 Å². The number of rotatable bonds is 5. The molecule has 0 spiro atoms. The fraction of sp³-hybridized carbons (Fsp3) is 0.182. The van der Waals surface area contributed by atoms with Crippen LogP contribution in [0, 0.1) is 5.41 Å². The maximum atomic E-state index is 12.9. The van der Waals surface area contributed by atoms with Crippen LogP contribution in [0.2, 0.25) is 0 Å². The number of nitrogens with one attached hydrogen (secondary N) is 2. The van der Waals surface area contributed by atoms with Gasteiger partial charge in [0, 0.05) is 19.8 Å². The summed E-state index contributed by atoms with van der Waals surface area (Å²) < 4.78 is 8.03. The number of aryl methyl sites for hydroxylation is 1. The van der Waals surface area contributed by atoms with Crippen molar-refractivity contribution in [2.45, 2.75) is 6.42 Å². The normalized spacial score (nSPS) is 11.0. The third-order valence-corrected chi connectivity index (χ3v) is 5.05. The van der Waals surface area contributed by atoms with Crippen molar-refractivity contribution in [3.8, 4) is 5.75 Å². The Bertz CT molecular complexity index is 1370. The highest BCUT2D eigenvalue weighted by Gasteiger charge is 2.15. The summed E-state index contributed by atoms with van der Waals surface area (Å²) in [6.07, 6.45) is 2.27. The third-order valence-electron chi connectivity index (χ3n) is 5.05. The Labute approximate surface area is 171 Å². The van der Waals surface area contributed by atoms with Crippen molar-refractivity contribution in [2.24, 2.45) is 7.05 Å². The molecule has 0 fully saturated rings. The summed E-state index contributed by atoms with van der Waals surface area (Å²) in [5.74, 6) is 0.376. The van der Waals surface area contributed by atoms with E-state index in [2.05, 4.69) is 10.3 Å². The van der Waals surface area contributed by atoms with Crippen LogP contribution in [0.3, 0.4) is 0 Å². The van der Waals surface area contributed by atoms with Gasteiger partial charge in [-0.15, -0.1) is 0 Å². The quantitative estimate of drug-likeness (QED) is 0.495. The van der Waals surface area contributed by atoms with Crippen molar-refractivity contribution in [1.29, 1.82) is 5.41 Å². The van der Waals surface area contributed by atoms with Gasteiger partial charge in [-0.2, -0.15) is 0 Å². The Kier molecular flexibility index (Phi) is 5.05. The van der Waals surface area contributed by atoms with Gasteiger partial charge in [0.05, 0.1) is 18.1 Å². The smallest absolute Gasteiger partial charge is 0.267 e. The molecule has 0 saturated carbocycles. The minimum Gasteiger partial charge on any atom is -0.497 e. The number of carbonyl (C=O) groups excluding carboxylic acids is 1. The molecule has 8 nitrogen and oxygen atoms in total. The molecule has 0 unspecified atom stereocenters. The Morgan fingerprint density at radius 1 is 1.20 bits per heavy atom. The highest BCUT2D eigenvalue weighted by molar-refractivity contribution is 5.96. The van der Waals surface area contributed by atoms with Gasteiger partial charge in [-0.25, -0.2) is 4.98 Å². The first-order valence-electron chi connectivity index (χ1n) is 9.46. The predicted molar refractivity (Wildman–Crippen MR) is 113 cm³/mol. The van der Waals surface area contributed by atoms with Crippen LogP contribution >= 0.6 is 0 Å². The molecule has 30 heavy (non-hydrogen) atoms. The summed E-state index contributed by atoms with van der Waals surface area (Å²) in [5.41, 5.74) is 1.76. The molecule has 0 aliphatic heterocycles. The molecule has 0 bridgehead atoms. The summed E-state index contributed by atoms with van der Waals surface area (Å²) in [7, 11) is 3.24. The molecule has 152 valence electrons. The third kappa shape index (κ3) is 3.43. The molecule has 0 saturated heterocycles. The number of aromatic nitrogens is 3. The number of ether oxygens (including phenoxy) is 1. The molecular weight excluding hydrogens is 382 g/mol. The molecule has 3 heterocycles. The molecular formula is C22H21N5O3. The average molecular weight is 403 g/mol. The number of fused-ring (bicyclic) bond motifs is 2. The van der Waals surface area contributed by atoms with E-state index in [0.29, 0.717) is 24.3 Å². The van der Waals surface area contributed by atoms with E-state index < -0.39 is 5.91 Å². The largest absolute Gasteiger partial charge is 0.497 e. The first-order chi connectivity index (χ1) is 14.5. The number of methoxy groups -OCH3 is 1. The van der Waals surface area contributed by atoms with Gasteiger partial charge in [-0.3, -0.25) is 19.4 Å². The number of pyridine rings is 2. The minimum absolute atomic E-state index is 0.00312. The molecule has 1 aromatic carbocycles. The monoisotopic (exact) mass is 403 g/mol. The van der Waals surface area contributed by atoms with Crippen LogP contribution in [-0.2, 0) is 13.5 Å². The van der Waals surface area contributed by atoms with Crippen molar-refractivity contribution < 1.29 is 9.53 Å². The van der Waals surface area contributed by atoms with Crippen LogP contribution in [0.5, 0.6) is 5.75 Å². The van der Waals surface area contributed by atoms with E-state index >= 15 is 0 Å². The molecule has 2 N–H and O–H groups in total. The summed E-state index contributed by atoms with van der Waals surface area (Å²) >= 11 is 0. The highest BCUT2D eigenvalue weighted by Crippen LogP contribution is 2.12. The lowest BCUT2D eigenvalue weighted by Gasteiger charge is -2.11. The summed E-state index contributed by atoms with van der Waals surface area (Å²) in [5, 5.41) is 11.5. The first-order valence-corrected chi connectivity index (χ1v) is 9.46. The topological polar surface area (TPSA) is 101 Å². The van der Waals surface area contributed by atoms with E-state index in [-0.39, 0.29) is 22.0 Å². The minimum atomic E-state index is -0.399. The highest BCUT2D eigenvalue weighted by atomic mass is 16.5. The molecule has 0 aliphatic rings. The van der Waals surface area contributed by atoms with Crippen molar-refractivity contribution in [3.63, 3.8) is 0 Å². The number of nitrogens with zero attached hydrogens (tertiary/aromatic N) is 3. The molecule has 0 aliphatic carbocycles. The Morgan fingerprint density at radius 2 is 1.97 bits per heavy atom. The van der Waals surface area contributed by atoms with E-state index in [0.717, 1.165) is 11.3 Å². The van der Waals surface area contributed by atoms with Crippen LogP contribution in [0.15, 0.2) is 59.5 Å². The Balaban J connectivity index is 1.62. The molecule has 4 rings (SSSR count). The van der Waals surface area contributed by atoms with Gasteiger partial charge >= 0.3 is 0 Å². The Morgan fingerprint density at radius 3 is 2.70 bits per heavy atom. The molecule has 4 aromatic rings. The lowest BCUT2D eigenvalue weighted by atomic mass is 10.1. The van der Waals surface area contributed by atoms with Crippen molar-refractivity contribution in [3.05, 3.63) is 81.7 Å². The number of benzene rings is 1. The maximum absolute atomic E-state index is 12.9.